The minimum atomic E-state index is -0.699. The van der Waals surface area contributed by atoms with Gasteiger partial charge in [-0.3, -0.25) is 9.59 Å². The quantitative estimate of drug-likeness (QED) is 0.567. The van der Waals surface area contributed by atoms with E-state index in [2.05, 4.69) is 15.4 Å². The number of Topliss-reactive ketones (excluding diaryl/α,β-unsaturated/α-hetero) is 1. The van der Waals surface area contributed by atoms with E-state index in [1.54, 1.807) is 17.1 Å². The van der Waals surface area contributed by atoms with Crippen molar-refractivity contribution in [1.82, 2.24) is 20.1 Å². The van der Waals surface area contributed by atoms with Crippen LogP contribution < -0.4 is 5.32 Å². The van der Waals surface area contributed by atoms with Gasteiger partial charge in [0.2, 0.25) is 0 Å². The molecule has 1 N–H and O–H groups in total. The summed E-state index contributed by atoms with van der Waals surface area (Å²) >= 11 is 0. The predicted molar refractivity (Wildman–Crippen MR) is 76.2 cm³/mol. The molecule has 0 aliphatic carbocycles. The molecule has 0 radical (unpaired) electrons. The molecule has 0 aliphatic heterocycles. The van der Waals surface area contributed by atoms with Gasteiger partial charge < -0.3 is 9.73 Å². The molecule has 0 aliphatic rings. The van der Waals surface area contributed by atoms with Gasteiger partial charge in [0.05, 0.1) is 12.0 Å². The van der Waals surface area contributed by atoms with Gasteiger partial charge in [-0.05, 0) is 29.8 Å². The standard InChI is InChI=1S/C15H12N4O3/c20-14(13-2-1-7-22-13)15(21)17-8-11-3-5-12(6-4-11)19-10-16-9-18-19/h1-7,9-10H,8H2,(H,17,21). The van der Waals surface area contributed by atoms with Crippen molar-refractivity contribution >= 4 is 11.7 Å². The number of nitrogens with one attached hydrogen (secondary N) is 1. The first-order valence-electron chi connectivity index (χ1n) is 6.54. The van der Waals surface area contributed by atoms with Crippen LogP contribution in [0.2, 0.25) is 0 Å². The Labute approximate surface area is 125 Å². The van der Waals surface area contributed by atoms with Gasteiger partial charge in [0.25, 0.3) is 11.7 Å². The Hall–Kier alpha value is -3.22. The number of rotatable bonds is 5. The minimum absolute atomic E-state index is 0.0269. The third-order valence-electron chi connectivity index (χ3n) is 3.02. The van der Waals surface area contributed by atoms with Gasteiger partial charge in [-0.2, -0.15) is 5.10 Å². The van der Waals surface area contributed by atoms with E-state index in [9.17, 15) is 9.59 Å². The number of nitrogens with zero attached hydrogens (tertiary/aromatic N) is 3. The van der Waals surface area contributed by atoms with Gasteiger partial charge in [-0.15, -0.1) is 0 Å². The fraction of sp³-hybridized carbons (Fsp3) is 0.0667. The second-order valence-corrected chi connectivity index (χ2v) is 4.50. The molecular formula is C15H12N4O3. The molecule has 22 heavy (non-hydrogen) atoms. The van der Waals surface area contributed by atoms with Crippen molar-refractivity contribution < 1.29 is 14.0 Å². The maximum atomic E-state index is 11.7. The minimum Gasteiger partial charge on any atom is -0.461 e. The van der Waals surface area contributed by atoms with Crippen LogP contribution in [0.1, 0.15) is 16.1 Å². The molecule has 2 aromatic heterocycles. The smallest absolute Gasteiger partial charge is 0.296 e. The summed E-state index contributed by atoms with van der Waals surface area (Å²) in [5, 5.41) is 6.58. The molecular weight excluding hydrogens is 284 g/mol. The zero-order valence-corrected chi connectivity index (χ0v) is 11.5. The number of benzene rings is 1. The zero-order valence-electron chi connectivity index (χ0n) is 11.5. The molecule has 3 rings (SSSR count). The van der Waals surface area contributed by atoms with E-state index in [-0.39, 0.29) is 12.3 Å². The van der Waals surface area contributed by atoms with E-state index < -0.39 is 11.7 Å². The number of hydrogen-bond acceptors (Lipinski definition) is 5. The molecule has 7 heteroatoms. The summed E-state index contributed by atoms with van der Waals surface area (Å²) in [6, 6.07) is 10.4. The Balaban J connectivity index is 1.60. The van der Waals surface area contributed by atoms with Crippen LogP contribution in [-0.4, -0.2) is 26.5 Å². The lowest BCUT2D eigenvalue weighted by molar-refractivity contribution is -0.117. The van der Waals surface area contributed by atoms with Gasteiger partial charge in [-0.25, -0.2) is 9.67 Å². The molecule has 0 unspecified atom stereocenters. The summed E-state index contributed by atoms with van der Waals surface area (Å²) in [6.45, 7) is 0.253. The van der Waals surface area contributed by atoms with Crippen molar-refractivity contribution in [2.75, 3.05) is 0 Å². The van der Waals surface area contributed by atoms with Gasteiger partial charge in [0.15, 0.2) is 5.76 Å². The Bertz CT molecular complexity index is 762. The second-order valence-electron chi connectivity index (χ2n) is 4.50. The van der Waals surface area contributed by atoms with E-state index >= 15 is 0 Å². The van der Waals surface area contributed by atoms with Crippen LogP contribution in [-0.2, 0) is 11.3 Å². The maximum absolute atomic E-state index is 11.7. The highest BCUT2D eigenvalue weighted by molar-refractivity contribution is 6.41. The van der Waals surface area contributed by atoms with Crippen molar-refractivity contribution in [2.24, 2.45) is 0 Å². The largest absolute Gasteiger partial charge is 0.461 e. The summed E-state index contributed by atoms with van der Waals surface area (Å²) in [7, 11) is 0. The molecule has 3 aromatic rings. The average molecular weight is 296 g/mol. The number of hydrogen-bond donors (Lipinski definition) is 1. The first kappa shape index (κ1) is 13.7. The monoisotopic (exact) mass is 296 g/mol. The Kier molecular flexibility index (Phi) is 3.78. The lowest BCUT2D eigenvalue weighted by Crippen LogP contribution is -2.30. The van der Waals surface area contributed by atoms with E-state index in [0.29, 0.717) is 0 Å². The van der Waals surface area contributed by atoms with Crippen LogP contribution >= 0.6 is 0 Å². The van der Waals surface area contributed by atoms with Crippen molar-refractivity contribution in [3.8, 4) is 5.69 Å². The number of amides is 1. The zero-order chi connectivity index (χ0) is 15.4. The highest BCUT2D eigenvalue weighted by Gasteiger charge is 2.18. The first-order chi connectivity index (χ1) is 10.7. The lowest BCUT2D eigenvalue weighted by Gasteiger charge is -2.05. The Morgan fingerprint density at radius 3 is 2.64 bits per heavy atom. The third kappa shape index (κ3) is 2.93. The molecule has 1 aromatic carbocycles. The predicted octanol–water partition coefficient (Wildman–Crippen LogP) is 1.36. The van der Waals surface area contributed by atoms with Crippen LogP contribution in [0.15, 0.2) is 59.7 Å². The van der Waals surface area contributed by atoms with Gasteiger partial charge in [0, 0.05) is 6.54 Å². The lowest BCUT2D eigenvalue weighted by atomic mass is 10.2. The number of carbonyl (C=O) groups excluding carboxylic acids is 2. The highest BCUT2D eigenvalue weighted by atomic mass is 16.3. The number of furan rings is 1. The third-order valence-corrected chi connectivity index (χ3v) is 3.02. The molecule has 0 saturated carbocycles. The summed E-state index contributed by atoms with van der Waals surface area (Å²) in [5.41, 5.74) is 1.73. The van der Waals surface area contributed by atoms with Crippen LogP contribution in [0, 0.1) is 0 Å². The van der Waals surface area contributed by atoms with Crippen LogP contribution in [0.3, 0.4) is 0 Å². The molecule has 2 heterocycles. The van der Waals surface area contributed by atoms with Crippen molar-refractivity contribution in [2.45, 2.75) is 6.54 Å². The molecule has 1 amide bonds. The summed E-state index contributed by atoms with van der Waals surface area (Å²) < 4.78 is 6.53. The molecule has 7 nitrogen and oxygen atoms in total. The maximum Gasteiger partial charge on any atom is 0.296 e. The van der Waals surface area contributed by atoms with Crippen molar-refractivity contribution in [1.29, 1.82) is 0 Å². The normalized spacial score (nSPS) is 10.4. The topological polar surface area (TPSA) is 90.0 Å². The van der Waals surface area contributed by atoms with E-state index in [4.69, 9.17) is 4.42 Å². The van der Waals surface area contributed by atoms with Gasteiger partial charge >= 0.3 is 0 Å². The molecule has 110 valence electrons. The van der Waals surface area contributed by atoms with Crippen LogP contribution in [0.4, 0.5) is 0 Å². The fourth-order valence-corrected chi connectivity index (χ4v) is 1.89. The SMILES string of the molecule is O=C(NCc1ccc(-n2cncn2)cc1)C(=O)c1ccco1. The molecule has 0 spiro atoms. The van der Waals surface area contributed by atoms with E-state index in [0.717, 1.165) is 11.3 Å². The van der Waals surface area contributed by atoms with E-state index in [1.165, 1.54) is 18.7 Å². The van der Waals surface area contributed by atoms with E-state index in [1.807, 2.05) is 24.3 Å². The average Bonchev–Trinajstić information content (AvgIpc) is 3.25. The van der Waals surface area contributed by atoms with Crippen LogP contribution in [0.5, 0.6) is 0 Å². The van der Waals surface area contributed by atoms with Gasteiger partial charge in [-0.1, -0.05) is 12.1 Å². The highest BCUT2D eigenvalue weighted by Crippen LogP contribution is 2.08. The van der Waals surface area contributed by atoms with Crippen molar-refractivity contribution in [3.63, 3.8) is 0 Å². The Morgan fingerprint density at radius 1 is 1.18 bits per heavy atom. The van der Waals surface area contributed by atoms with Crippen LogP contribution in [0.25, 0.3) is 5.69 Å². The molecule has 0 atom stereocenters. The Morgan fingerprint density at radius 2 is 2.00 bits per heavy atom. The van der Waals surface area contributed by atoms with Crippen molar-refractivity contribution in [3.05, 3.63) is 66.6 Å². The molecule has 0 fully saturated rings. The van der Waals surface area contributed by atoms with Gasteiger partial charge in [0.1, 0.15) is 12.7 Å². The second kappa shape index (κ2) is 6.04. The number of ketones is 1. The summed E-state index contributed by atoms with van der Waals surface area (Å²) in [6.07, 6.45) is 4.40. The molecule has 0 saturated heterocycles. The fourth-order valence-electron chi connectivity index (χ4n) is 1.89. The number of aromatic nitrogens is 3. The first-order valence-corrected chi connectivity index (χ1v) is 6.54. The number of carbonyl (C=O) groups is 2. The summed E-state index contributed by atoms with van der Waals surface area (Å²) in [5.74, 6) is -1.36. The molecule has 0 bridgehead atoms. The summed E-state index contributed by atoms with van der Waals surface area (Å²) in [4.78, 5) is 27.3.